The molecule has 1 aliphatic rings. The number of ether oxygens (including phenoxy) is 1. The molecule has 6 nitrogen and oxygen atoms in total. The van der Waals surface area contributed by atoms with Crippen molar-refractivity contribution in [3.8, 4) is 11.4 Å². The average Bonchev–Trinajstić information content (AvgIpc) is 3.23. The summed E-state index contributed by atoms with van der Waals surface area (Å²) >= 11 is 0. The van der Waals surface area contributed by atoms with Crippen LogP contribution in [0.25, 0.3) is 11.3 Å². The van der Waals surface area contributed by atoms with E-state index in [1.165, 1.54) is 29.0 Å². The topological polar surface area (TPSA) is 64.9 Å². The number of hydrogen-bond acceptors (Lipinski definition) is 5. The molecule has 0 fully saturated rings. The summed E-state index contributed by atoms with van der Waals surface area (Å²) in [6.45, 7) is 4.26. The van der Waals surface area contributed by atoms with E-state index in [9.17, 15) is 4.39 Å². The van der Waals surface area contributed by atoms with E-state index in [0.29, 0.717) is 11.6 Å². The first kappa shape index (κ1) is 17.4. The van der Waals surface area contributed by atoms with E-state index in [0.717, 1.165) is 24.3 Å². The zero-order valence-corrected chi connectivity index (χ0v) is 15.0. The van der Waals surface area contributed by atoms with Crippen LogP contribution in [-0.4, -0.2) is 32.8 Å². The van der Waals surface area contributed by atoms with Crippen molar-refractivity contribution < 1.29 is 9.13 Å². The SMILES string of the molecule is CC1CNCC=C1c1ccc(COc2ccc(-n3cncn3)cc2F)nc1. The lowest BCUT2D eigenvalue weighted by Gasteiger charge is -2.21. The predicted molar refractivity (Wildman–Crippen MR) is 99.9 cm³/mol. The quantitative estimate of drug-likeness (QED) is 0.753. The Kier molecular flexibility index (Phi) is 4.93. The van der Waals surface area contributed by atoms with E-state index < -0.39 is 5.82 Å². The van der Waals surface area contributed by atoms with Crippen molar-refractivity contribution in [1.82, 2.24) is 25.1 Å². The van der Waals surface area contributed by atoms with E-state index in [1.54, 1.807) is 12.1 Å². The van der Waals surface area contributed by atoms with Crippen molar-refractivity contribution in [3.05, 3.63) is 72.3 Å². The van der Waals surface area contributed by atoms with E-state index in [1.807, 2.05) is 18.3 Å². The van der Waals surface area contributed by atoms with Crippen molar-refractivity contribution >= 4 is 5.57 Å². The molecule has 0 amide bonds. The van der Waals surface area contributed by atoms with Gasteiger partial charge in [0, 0.05) is 25.4 Å². The first-order valence-electron chi connectivity index (χ1n) is 8.84. The number of halogens is 1. The molecule has 0 saturated heterocycles. The van der Waals surface area contributed by atoms with Crippen LogP contribution in [0.4, 0.5) is 4.39 Å². The van der Waals surface area contributed by atoms with E-state index in [2.05, 4.69) is 33.4 Å². The second-order valence-electron chi connectivity index (χ2n) is 6.50. The Morgan fingerprint density at radius 1 is 1.30 bits per heavy atom. The summed E-state index contributed by atoms with van der Waals surface area (Å²) in [7, 11) is 0. The highest BCUT2D eigenvalue weighted by atomic mass is 19.1. The Labute approximate surface area is 156 Å². The summed E-state index contributed by atoms with van der Waals surface area (Å²) in [4.78, 5) is 8.31. The maximum Gasteiger partial charge on any atom is 0.167 e. The summed E-state index contributed by atoms with van der Waals surface area (Å²) in [6.07, 6.45) is 6.97. The van der Waals surface area contributed by atoms with Gasteiger partial charge in [-0.2, -0.15) is 5.10 Å². The third-order valence-electron chi connectivity index (χ3n) is 4.58. The maximum absolute atomic E-state index is 14.3. The molecule has 0 bridgehead atoms. The molecule has 1 aromatic carbocycles. The van der Waals surface area contributed by atoms with Gasteiger partial charge in [0.1, 0.15) is 19.3 Å². The summed E-state index contributed by atoms with van der Waals surface area (Å²) in [5.41, 5.74) is 3.77. The number of nitrogens with one attached hydrogen (secondary N) is 1. The molecule has 0 aliphatic carbocycles. The Balaban J connectivity index is 1.42. The number of nitrogens with zero attached hydrogens (tertiary/aromatic N) is 4. The summed E-state index contributed by atoms with van der Waals surface area (Å²) in [5.74, 6) is 0.188. The maximum atomic E-state index is 14.3. The standard InChI is InChI=1S/C20H20FN5O/c1-14-9-22-7-6-18(14)15-2-3-16(24-10-15)11-27-20-5-4-17(8-19(20)21)26-13-23-12-25-26/h2-6,8,10,12-14,22H,7,9,11H2,1H3. The highest BCUT2D eigenvalue weighted by Gasteiger charge is 2.14. The molecule has 4 rings (SSSR count). The van der Waals surface area contributed by atoms with Crippen LogP contribution in [0.3, 0.4) is 0 Å². The van der Waals surface area contributed by atoms with Crippen LogP contribution in [0.1, 0.15) is 18.2 Å². The lowest BCUT2D eigenvalue weighted by molar-refractivity contribution is 0.286. The van der Waals surface area contributed by atoms with Gasteiger partial charge in [-0.25, -0.2) is 14.1 Å². The van der Waals surface area contributed by atoms with Crippen LogP contribution < -0.4 is 10.1 Å². The second kappa shape index (κ2) is 7.67. The highest BCUT2D eigenvalue weighted by molar-refractivity contribution is 5.67. The molecule has 3 aromatic rings. The van der Waals surface area contributed by atoms with Crippen LogP contribution in [0.2, 0.25) is 0 Å². The fourth-order valence-corrected chi connectivity index (χ4v) is 3.12. The van der Waals surface area contributed by atoms with Crippen LogP contribution >= 0.6 is 0 Å². The molecule has 1 N–H and O–H groups in total. The molecule has 2 aromatic heterocycles. The zero-order chi connectivity index (χ0) is 18.6. The predicted octanol–water partition coefficient (Wildman–Crippen LogP) is 3.00. The van der Waals surface area contributed by atoms with Crippen molar-refractivity contribution in [2.45, 2.75) is 13.5 Å². The Hall–Kier alpha value is -3.06. The third-order valence-corrected chi connectivity index (χ3v) is 4.58. The van der Waals surface area contributed by atoms with Crippen LogP contribution in [0.15, 0.2) is 55.3 Å². The molecule has 0 spiro atoms. The fraction of sp³-hybridized carbons (Fsp3) is 0.250. The van der Waals surface area contributed by atoms with Crippen LogP contribution in [0, 0.1) is 11.7 Å². The van der Waals surface area contributed by atoms with Gasteiger partial charge in [-0.3, -0.25) is 4.98 Å². The monoisotopic (exact) mass is 365 g/mol. The highest BCUT2D eigenvalue weighted by Crippen LogP contribution is 2.25. The van der Waals surface area contributed by atoms with Gasteiger partial charge in [-0.15, -0.1) is 0 Å². The molecule has 1 atom stereocenters. The van der Waals surface area contributed by atoms with Crippen molar-refractivity contribution in [2.75, 3.05) is 13.1 Å². The smallest absolute Gasteiger partial charge is 0.167 e. The summed E-state index contributed by atoms with van der Waals surface area (Å²) < 4.78 is 21.4. The molecule has 1 aliphatic heterocycles. The van der Waals surface area contributed by atoms with E-state index in [4.69, 9.17) is 4.74 Å². The van der Waals surface area contributed by atoms with Crippen LogP contribution in [0.5, 0.6) is 5.75 Å². The molecule has 0 saturated carbocycles. The number of aromatic nitrogens is 4. The van der Waals surface area contributed by atoms with Crippen molar-refractivity contribution in [2.24, 2.45) is 5.92 Å². The van der Waals surface area contributed by atoms with Crippen LogP contribution in [-0.2, 0) is 6.61 Å². The van der Waals surface area contributed by atoms with Gasteiger partial charge in [0.05, 0.1) is 11.4 Å². The second-order valence-corrected chi connectivity index (χ2v) is 6.50. The van der Waals surface area contributed by atoms with Gasteiger partial charge >= 0.3 is 0 Å². The average molecular weight is 365 g/mol. The molecule has 3 heterocycles. The number of hydrogen-bond donors (Lipinski definition) is 1. The minimum absolute atomic E-state index is 0.180. The first-order chi connectivity index (χ1) is 13.2. The summed E-state index contributed by atoms with van der Waals surface area (Å²) in [6, 6.07) is 8.65. The Morgan fingerprint density at radius 2 is 2.22 bits per heavy atom. The fourth-order valence-electron chi connectivity index (χ4n) is 3.12. The zero-order valence-electron chi connectivity index (χ0n) is 15.0. The van der Waals surface area contributed by atoms with E-state index in [-0.39, 0.29) is 12.4 Å². The van der Waals surface area contributed by atoms with Gasteiger partial charge in [-0.05, 0) is 35.3 Å². The molecule has 138 valence electrons. The molecule has 0 radical (unpaired) electrons. The molecular weight excluding hydrogens is 345 g/mol. The molecular formula is C20H20FN5O. The Bertz CT molecular complexity index is 938. The van der Waals surface area contributed by atoms with Gasteiger partial charge in [0.15, 0.2) is 11.6 Å². The van der Waals surface area contributed by atoms with Gasteiger partial charge < -0.3 is 10.1 Å². The third kappa shape index (κ3) is 3.88. The normalized spacial score (nSPS) is 16.8. The molecule has 7 heteroatoms. The minimum Gasteiger partial charge on any atom is -0.484 e. The lowest BCUT2D eigenvalue weighted by Crippen LogP contribution is -2.27. The number of rotatable bonds is 5. The Morgan fingerprint density at radius 3 is 2.93 bits per heavy atom. The molecule has 1 unspecified atom stereocenters. The number of benzene rings is 1. The van der Waals surface area contributed by atoms with Gasteiger partial charge in [-0.1, -0.05) is 19.1 Å². The lowest BCUT2D eigenvalue weighted by atomic mass is 9.92. The van der Waals surface area contributed by atoms with Gasteiger partial charge in [0.2, 0.25) is 0 Å². The largest absolute Gasteiger partial charge is 0.484 e. The minimum atomic E-state index is -0.451. The van der Waals surface area contributed by atoms with Gasteiger partial charge in [0.25, 0.3) is 0 Å². The molecule has 27 heavy (non-hydrogen) atoms. The summed E-state index contributed by atoms with van der Waals surface area (Å²) in [5, 5.41) is 7.32. The number of pyridine rings is 1. The first-order valence-corrected chi connectivity index (χ1v) is 8.84. The van der Waals surface area contributed by atoms with Crippen molar-refractivity contribution in [1.29, 1.82) is 0 Å². The van der Waals surface area contributed by atoms with Crippen molar-refractivity contribution in [3.63, 3.8) is 0 Å². The van der Waals surface area contributed by atoms with E-state index >= 15 is 0 Å².